The van der Waals surface area contributed by atoms with Crippen LogP contribution in [-0.4, -0.2) is 73.3 Å². The Morgan fingerprint density at radius 2 is 1.97 bits per heavy atom. The minimum Gasteiger partial charge on any atom is -0.465 e. The van der Waals surface area contributed by atoms with Gasteiger partial charge in [-0.1, -0.05) is 0 Å². The molecule has 0 spiro atoms. The number of carbonyl (C=O) groups excluding carboxylic acids is 1. The molecule has 2 N–H and O–H groups in total. The number of anilines is 1. The zero-order chi connectivity index (χ0) is 23.0. The molecule has 170 valence electrons. The molecule has 0 aromatic carbocycles. The average Bonchev–Trinajstić information content (AvgIpc) is 3.35. The third-order valence-electron chi connectivity index (χ3n) is 5.76. The van der Waals surface area contributed by atoms with Gasteiger partial charge in [-0.2, -0.15) is 5.10 Å². The Kier molecular flexibility index (Phi) is 5.76. The normalized spacial score (nSPS) is 15.2. The van der Waals surface area contributed by atoms with Crippen molar-refractivity contribution in [2.24, 2.45) is 0 Å². The van der Waals surface area contributed by atoms with Gasteiger partial charge >= 0.3 is 6.09 Å². The van der Waals surface area contributed by atoms with Crippen LogP contribution in [0.2, 0.25) is 0 Å². The SMILES string of the molecule is CN(c1cc(C(=O)N2CCC(NC(=O)O)CC2)nc(-c2cnn3ccsc23)n1)C(C)(C)C. The quantitative estimate of drug-likeness (QED) is 0.619. The molecule has 32 heavy (non-hydrogen) atoms. The minimum absolute atomic E-state index is 0.139. The van der Waals surface area contributed by atoms with Gasteiger partial charge in [0, 0.05) is 49.4 Å². The van der Waals surface area contributed by atoms with Crippen molar-refractivity contribution in [1.29, 1.82) is 0 Å². The summed E-state index contributed by atoms with van der Waals surface area (Å²) < 4.78 is 1.77. The van der Waals surface area contributed by atoms with Crippen molar-refractivity contribution in [2.45, 2.75) is 45.2 Å². The Balaban J connectivity index is 1.68. The van der Waals surface area contributed by atoms with Crippen molar-refractivity contribution >= 4 is 34.0 Å². The van der Waals surface area contributed by atoms with Crippen molar-refractivity contribution in [3.63, 3.8) is 0 Å². The second-order valence-corrected chi connectivity index (χ2v) is 9.79. The van der Waals surface area contributed by atoms with E-state index in [-0.39, 0.29) is 17.5 Å². The molecular weight excluding hydrogens is 430 g/mol. The van der Waals surface area contributed by atoms with Crippen LogP contribution >= 0.6 is 11.3 Å². The number of hydrogen-bond donors (Lipinski definition) is 2. The summed E-state index contributed by atoms with van der Waals surface area (Å²) in [7, 11) is 1.95. The monoisotopic (exact) mass is 457 g/mol. The Morgan fingerprint density at radius 1 is 1.25 bits per heavy atom. The first-order chi connectivity index (χ1) is 15.1. The van der Waals surface area contributed by atoms with E-state index in [0.717, 1.165) is 10.4 Å². The van der Waals surface area contributed by atoms with Crippen LogP contribution in [0.25, 0.3) is 16.2 Å². The molecule has 1 aliphatic heterocycles. The van der Waals surface area contributed by atoms with Gasteiger partial charge in [0.15, 0.2) is 5.82 Å². The number of nitrogens with one attached hydrogen (secondary N) is 1. The predicted octanol–water partition coefficient (Wildman–Crippen LogP) is 2.96. The smallest absolute Gasteiger partial charge is 0.404 e. The second kappa shape index (κ2) is 8.38. The molecule has 1 aliphatic rings. The zero-order valence-corrected chi connectivity index (χ0v) is 19.4. The van der Waals surface area contributed by atoms with Gasteiger partial charge in [-0.05, 0) is 33.6 Å². The standard InChI is InChI=1S/C21H27N7O3S/c1-21(2,3)26(4)16-11-15(18(29)27-7-5-13(6-8-27)23-20(30)31)24-17(25-16)14-12-22-28-9-10-32-19(14)28/h9-13,23H,5-8H2,1-4H3,(H,30,31). The van der Waals surface area contributed by atoms with Gasteiger partial charge in [0.05, 0.1) is 11.8 Å². The van der Waals surface area contributed by atoms with E-state index in [9.17, 15) is 9.59 Å². The molecule has 0 radical (unpaired) electrons. The van der Waals surface area contributed by atoms with E-state index in [2.05, 4.69) is 36.2 Å². The third-order valence-corrected chi connectivity index (χ3v) is 6.65. The Morgan fingerprint density at radius 3 is 2.62 bits per heavy atom. The summed E-state index contributed by atoms with van der Waals surface area (Å²) >= 11 is 1.54. The first-order valence-corrected chi connectivity index (χ1v) is 11.3. The van der Waals surface area contributed by atoms with E-state index in [1.165, 1.54) is 11.3 Å². The van der Waals surface area contributed by atoms with Crippen LogP contribution in [0.3, 0.4) is 0 Å². The maximum Gasteiger partial charge on any atom is 0.404 e. The number of aromatic nitrogens is 4. The summed E-state index contributed by atoms with van der Waals surface area (Å²) in [6, 6.07) is 1.59. The molecule has 0 atom stereocenters. The lowest BCUT2D eigenvalue weighted by molar-refractivity contribution is 0.0700. The summed E-state index contributed by atoms with van der Waals surface area (Å²) in [5, 5.41) is 17.7. The highest BCUT2D eigenvalue weighted by molar-refractivity contribution is 7.16. The fourth-order valence-electron chi connectivity index (χ4n) is 3.62. The maximum atomic E-state index is 13.4. The van der Waals surface area contributed by atoms with Crippen molar-refractivity contribution in [3.8, 4) is 11.4 Å². The van der Waals surface area contributed by atoms with Gasteiger partial charge in [0.25, 0.3) is 5.91 Å². The first kappa shape index (κ1) is 22.0. The summed E-state index contributed by atoms with van der Waals surface area (Å²) in [6.07, 6.45) is 3.70. The summed E-state index contributed by atoms with van der Waals surface area (Å²) in [5.41, 5.74) is 0.897. The molecule has 3 aromatic heterocycles. The molecule has 4 heterocycles. The largest absolute Gasteiger partial charge is 0.465 e. The lowest BCUT2D eigenvalue weighted by Gasteiger charge is -2.34. The third kappa shape index (κ3) is 4.38. The number of piperidine rings is 1. The van der Waals surface area contributed by atoms with E-state index >= 15 is 0 Å². The van der Waals surface area contributed by atoms with Crippen LogP contribution in [0.5, 0.6) is 0 Å². The molecule has 11 heteroatoms. The number of likely N-dealkylation sites (tertiary alicyclic amines) is 1. The fourth-order valence-corrected chi connectivity index (χ4v) is 4.42. The Bertz CT molecular complexity index is 1140. The highest BCUT2D eigenvalue weighted by atomic mass is 32.1. The molecule has 0 bridgehead atoms. The van der Waals surface area contributed by atoms with Crippen molar-refractivity contribution < 1.29 is 14.7 Å². The number of rotatable bonds is 4. The molecule has 2 amide bonds. The maximum absolute atomic E-state index is 13.4. The van der Waals surface area contributed by atoms with Crippen LogP contribution in [0, 0.1) is 0 Å². The minimum atomic E-state index is -1.04. The lowest BCUT2D eigenvalue weighted by atomic mass is 10.0. The summed E-state index contributed by atoms with van der Waals surface area (Å²) in [5.74, 6) is 0.937. The van der Waals surface area contributed by atoms with E-state index in [4.69, 9.17) is 10.1 Å². The number of thiazole rings is 1. The number of nitrogens with zero attached hydrogens (tertiary/aromatic N) is 6. The Labute approximate surface area is 189 Å². The van der Waals surface area contributed by atoms with Crippen LogP contribution in [0.15, 0.2) is 23.8 Å². The number of fused-ring (bicyclic) bond motifs is 1. The van der Waals surface area contributed by atoms with Crippen LogP contribution < -0.4 is 10.2 Å². The number of amides is 2. The first-order valence-electron chi connectivity index (χ1n) is 10.5. The summed E-state index contributed by atoms with van der Waals surface area (Å²) in [6.45, 7) is 7.17. The lowest BCUT2D eigenvalue weighted by Crippen LogP contribution is -2.46. The number of hydrogen-bond acceptors (Lipinski definition) is 7. The average molecular weight is 458 g/mol. The molecule has 0 unspecified atom stereocenters. The van der Waals surface area contributed by atoms with Crippen molar-refractivity contribution in [3.05, 3.63) is 29.5 Å². The predicted molar refractivity (Wildman–Crippen MR) is 122 cm³/mol. The molecule has 0 saturated carbocycles. The fraction of sp³-hybridized carbons (Fsp3) is 0.476. The van der Waals surface area contributed by atoms with Gasteiger partial charge in [0.1, 0.15) is 16.3 Å². The van der Waals surface area contributed by atoms with Gasteiger partial charge < -0.3 is 20.2 Å². The summed E-state index contributed by atoms with van der Waals surface area (Å²) in [4.78, 5) is 38.3. The van der Waals surface area contributed by atoms with Gasteiger partial charge in [-0.25, -0.2) is 19.3 Å². The zero-order valence-electron chi connectivity index (χ0n) is 18.6. The molecule has 4 rings (SSSR count). The van der Waals surface area contributed by atoms with Crippen LogP contribution in [0.4, 0.5) is 10.6 Å². The second-order valence-electron chi connectivity index (χ2n) is 8.89. The van der Waals surface area contributed by atoms with Crippen LogP contribution in [0.1, 0.15) is 44.1 Å². The molecular formula is C21H27N7O3S. The van der Waals surface area contributed by atoms with E-state index in [0.29, 0.717) is 43.3 Å². The molecule has 10 nitrogen and oxygen atoms in total. The Hall–Kier alpha value is -3.21. The van der Waals surface area contributed by atoms with Gasteiger partial charge in [-0.3, -0.25) is 4.79 Å². The van der Waals surface area contributed by atoms with Crippen molar-refractivity contribution in [2.75, 3.05) is 25.0 Å². The van der Waals surface area contributed by atoms with E-state index in [1.54, 1.807) is 21.7 Å². The van der Waals surface area contributed by atoms with Gasteiger partial charge in [-0.15, -0.1) is 11.3 Å². The number of carbonyl (C=O) groups is 2. The highest BCUT2D eigenvalue weighted by Crippen LogP contribution is 2.29. The molecule has 1 saturated heterocycles. The molecule has 3 aromatic rings. The van der Waals surface area contributed by atoms with E-state index < -0.39 is 6.09 Å². The number of carboxylic acid groups (broad SMARTS) is 1. The van der Waals surface area contributed by atoms with Crippen molar-refractivity contribution in [1.82, 2.24) is 29.8 Å². The van der Waals surface area contributed by atoms with Crippen LogP contribution in [-0.2, 0) is 0 Å². The van der Waals surface area contributed by atoms with E-state index in [1.807, 2.05) is 23.5 Å². The topological polar surface area (TPSA) is 116 Å². The highest BCUT2D eigenvalue weighted by Gasteiger charge is 2.28. The molecule has 0 aliphatic carbocycles. The molecule has 1 fully saturated rings. The van der Waals surface area contributed by atoms with Gasteiger partial charge in [0.2, 0.25) is 0 Å².